The molecule has 0 radical (unpaired) electrons. The number of hydrogen-bond donors (Lipinski definition) is 0. The van der Waals surface area contributed by atoms with Gasteiger partial charge in [-0.2, -0.15) is 0 Å². The van der Waals surface area contributed by atoms with Gasteiger partial charge in [0.2, 0.25) is 9.84 Å². The molecule has 1 aliphatic carbocycles. The summed E-state index contributed by atoms with van der Waals surface area (Å²) in [6, 6.07) is 0. The fraction of sp³-hybridized carbons (Fsp3) is 0.667. The molecule has 0 saturated heterocycles. The van der Waals surface area contributed by atoms with E-state index in [9.17, 15) is 8.42 Å². The van der Waals surface area contributed by atoms with Crippen LogP contribution in [-0.2, 0) is 9.84 Å². The van der Waals surface area contributed by atoms with Crippen molar-refractivity contribution in [1.82, 2.24) is 0 Å². The van der Waals surface area contributed by atoms with Crippen molar-refractivity contribution in [2.75, 3.05) is 0 Å². The molecule has 3 nitrogen and oxygen atoms in total. The van der Waals surface area contributed by atoms with Crippen molar-refractivity contribution in [2.45, 2.75) is 32.1 Å². The van der Waals surface area contributed by atoms with Crippen LogP contribution < -0.4 is 0 Å². The van der Waals surface area contributed by atoms with Gasteiger partial charge in [-0.3, -0.25) is 0 Å². The lowest BCUT2D eigenvalue weighted by Gasteiger charge is -2.20. The first-order valence-corrected chi connectivity index (χ1v) is 6.67. The van der Waals surface area contributed by atoms with E-state index in [1.54, 1.807) is 0 Å². The van der Waals surface area contributed by atoms with E-state index in [0.29, 0.717) is 5.04 Å². The zero-order chi connectivity index (χ0) is 10.2. The topological polar surface area (TPSA) is 46.5 Å². The molecular weight excluding hydrogens is 222 g/mol. The van der Waals surface area contributed by atoms with Gasteiger partial charge >= 0.3 is 0 Å². The van der Waals surface area contributed by atoms with Crippen LogP contribution in [0.5, 0.6) is 0 Å². The molecule has 1 aliphatic heterocycles. The van der Waals surface area contributed by atoms with E-state index in [1.165, 1.54) is 12.6 Å². The van der Waals surface area contributed by atoms with E-state index in [4.69, 9.17) is 11.6 Å². The Morgan fingerprint density at radius 3 is 2.43 bits per heavy atom. The molecule has 1 saturated carbocycles. The van der Waals surface area contributed by atoms with Crippen molar-refractivity contribution < 1.29 is 8.42 Å². The highest BCUT2D eigenvalue weighted by Gasteiger charge is 2.34. The van der Waals surface area contributed by atoms with Crippen LogP contribution in [0.15, 0.2) is 15.6 Å². The highest BCUT2D eigenvalue weighted by atomic mass is 35.5. The van der Waals surface area contributed by atoms with Gasteiger partial charge in [0.25, 0.3) is 0 Å². The molecule has 14 heavy (non-hydrogen) atoms. The van der Waals surface area contributed by atoms with Gasteiger partial charge < -0.3 is 0 Å². The Morgan fingerprint density at radius 1 is 1.29 bits per heavy atom. The Balaban J connectivity index is 2.22. The van der Waals surface area contributed by atoms with Crippen LogP contribution in [0.1, 0.15) is 32.1 Å². The maximum absolute atomic E-state index is 11.7. The third-order valence-electron chi connectivity index (χ3n) is 2.78. The van der Waals surface area contributed by atoms with E-state index in [0.717, 1.165) is 25.7 Å². The number of hydrogen-bond acceptors (Lipinski definition) is 3. The van der Waals surface area contributed by atoms with Crippen LogP contribution in [-0.4, -0.2) is 13.5 Å². The number of aliphatic imine (C=N–C) groups is 1. The summed E-state index contributed by atoms with van der Waals surface area (Å²) in [5, 5.41) is 0.294. The minimum Gasteiger partial charge on any atom is -0.246 e. The summed E-state index contributed by atoms with van der Waals surface area (Å²) in [6.07, 6.45) is 6.49. The first kappa shape index (κ1) is 10.2. The highest BCUT2D eigenvalue weighted by Crippen LogP contribution is 2.32. The molecule has 0 unspecified atom stereocenters. The first-order chi connectivity index (χ1) is 6.62. The Hall–Kier alpha value is -0.350. The van der Waals surface area contributed by atoms with Crippen LogP contribution in [0.25, 0.3) is 0 Å². The third-order valence-corrected chi connectivity index (χ3v) is 5.10. The maximum atomic E-state index is 11.7. The van der Waals surface area contributed by atoms with Crippen molar-refractivity contribution in [1.29, 1.82) is 0 Å². The summed E-state index contributed by atoms with van der Waals surface area (Å²) in [7, 11) is -3.39. The minimum atomic E-state index is -3.39. The Morgan fingerprint density at radius 2 is 1.93 bits per heavy atom. The second kappa shape index (κ2) is 3.66. The monoisotopic (exact) mass is 233 g/mol. The molecule has 0 aromatic heterocycles. The third kappa shape index (κ3) is 1.61. The molecule has 0 spiro atoms. The lowest BCUT2D eigenvalue weighted by atomic mass is 9.90. The number of rotatable bonds is 1. The van der Waals surface area contributed by atoms with Gasteiger partial charge in [-0.15, -0.1) is 0 Å². The summed E-state index contributed by atoms with van der Waals surface area (Å²) in [4.78, 5) is 3.93. The Bertz CT molecular complexity index is 391. The second-order valence-electron chi connectivity index (χ2n) is 3.74. The predicted octanol–water partition coefficient (Wildman–Crippen LogP) is 2.43. The van der Waals surface area contributed by atoms with Crippen molar-refractivity contribution in [3.05, 3.63) is 10.6 Å². The fourth-order valence-corrected chi connectivity index (χ4v) is 3.57. The molecule has 1 heterocycles. The SMILES string of the molecule is O=S1(=O)C(Cl)=CN=C1C1CCCCC1. The normalized spacial score (nSPS) is 27.2. The maximum Gasteiger partial charge on any atom is 0.232 e. The van der Waals surface area contributed by atoms with Gasteiger partial charge in [0.1, 0.15) is 5.04 Å². The van der Waals surface area contributed by atoms with Crippen molar-refractivity contribution in [3.8, 4) is 0 Å². The molecular formula is C9H12ClNO2S. The van der Waals surface area contributed by atoms with Crippen LogP contribution in [0, 0.1) is 5.92 Å². The molecule has 0 amide bonds. The van der Waals surface area contributed by atoms with Gasteiger partial charge in [0.05, 0.1) is 6.20 Å². The molecule has 0 aromatic carbocycles. The van der Waals surface area contributed by atoms with Crippen LogP contribution >= 0.6 is 11.6 Å². The molecule has 0 aromatic rings. The van der Waals surface area contributed by atoms with Gasteiger partial charge in [0, 0.05) is 5.92 Å². The summed E-state index contributed by atoms with van der Waals surface area (Å²) < 4.78 is 23.2. The fourth-order valence-electron chi connectivity index (χ4n) is 2.03. The van der Waals surface area contributed by atoms with Crippen molar-refractivity contribution in [2.24, 2.45) is 10.9 Å². The van der Waals surface area contributed by atoms with Crippen molar-refractivity contribution in [3.63, 3.8) is 0 Å². The molecule has 78 valence electrons. The smallest absolute Gasteiger partial charge is 0.232 e. The van der Waals surface area contributed by atoms with Crippen LogP contribution in [0.4, 0.5) is 0 Å². The standard InChI is InChI=1S/C9H12ClNO2S/c10-8-6-11-9(14(8,12)13)7-4-2-1-3-5-7/h6-7H,1-5H2. The zero-order valence-electron chi connectivity index (χ0n) is 7.74. The minimum absolute atomic E-state index is 0.0984. The van der Waals surface area contributed by atoms with Gasteiger partial charge in [-0.25, -0.2) is 13.4 Å². The molecule has 0 bridgehead atoms. The Kier molecular flexibility index (Phi) is 2.66. The van der Waals surface area contributed by atoms with Gasteiger partial charge in [-0.05, 0) is 12.8 Å². The lowest BCUT2D eigenvalue weighted by molar-refractivity contribution is 0.442. The first-order valence-electron chi connectivity index (χ1n) is 4.81. The van der Waals surface area contributed by atoms with Crippen LogP contribution in [0.3, 0.4) is 0 Å². The lowest BCUT2D eigenvalue weighted by Crippen LogP contribution is -2.23. The summed E-state index contributed by atoms with van der Waals surface area (Å²) in [6.45, 7) is 0. The molecule has 1 fully saturated rings. The van der Waals surface area contributed by atoms with E-state index in [2.05, 4.69) is 4.99 Å². The van der Waals surface area contributed by atoms with Crippen LogP contribution in [0.2, 0.25) is 0 Å². The van der Waals surface area contributed by atoms with E-state index in [1.807, 2.05) is 0 Å². The van der Waals surface area contributed by atoms with E-state index in [-0.39, 0.29) is 10.3 Å². The molecule has 0 atom stereocenters. The number of halogens is 1. The van der Waals surface area contributed by atoms with Crippen molar-refractivity contribution >= 4 is 26.5 Å². The molecule has 5 heteroatoms. The molecule has 2 rings (SSSR count). The van der Waals surface area contributed by atoms with E-state index >= 15 is 0 Å². The second-order valence-corrected chi connectivity index (χ2v) is 6.24. The van der Waals surface area contributed by atoms with Gasteiger partial charge in [0.15, 0.2) is 4.36 Å². The van der Waals surface area contributed by atoms with Gasteiger partial charge in [-0.1, -0.05) is 30.9 Å². The molecule has 0 N–H and O–H groups in total. The summed E-state index contributed by atoms with van der Waals surface area (Å²) >= 11 is 5.58. The quantitative estimate of drug-likeness (QED) is 0.698. The number of nitrogens with zero attached hydrogens (tertiary/aromatic N) is 1. The predicted molar refractivity (Wildman–Crippen MR) is 56.9 cm³/mol. The Labute approximate surface area is 88.8 Å². The largest absolute Gasteiger partial charge is 0.246 e. The number of sulfone groups is 1. The average Bonchev–Trinajstić information content (AvgIpc) is 2.44. The zero-order valence-corrected chi connectivity index (χ0v) is 9.31. The van der Waals surface area contributed by atoms with E-state index < -0.39 is 9.84 Å². The molecule has 2 aliphatic rings. The summed E-state index contributed by atoms with van der Waals surface area (Å²) in [5.74, 6) is 0.0984. The average molecular weight is 234 g/mol. The highest BCUT2D eigenvalue weighted by molar-refractivity contribution is 8.11. The summed E-state index contributed by atoms with van der Waals surface area (Å²) in [5.41, 5.74) is 0.